The number of pyridine rings is 1. The molecule has 0 radical (unpaired) electrons. The topological polar surface area (TPSA) is 65.5 Å². The molecular formula is C23H27ClN4O2. The number of carbonyl (C=O) groups is 2. The van der Waals surface area contributed by atoms with Crippen LogP contribution in [0.2, 0.25) is 5.15 Å². The van der Waals surface area contributed by atoms with E-state index in [-0.39, 0.29) is 23.5 Å². The fourth-order valence-electron chi connectivity index (χ4n) is 4.50. The summed E-state index contributed by atoms with van der Waals surface area (Å²) in [6.45, 7) is 3.64. The summed E-state index contributed by atoms with van der Waals surface area (Å²) in [6.07, 6.45) is 4.80. The predicted molar refractivity (Wildman–Crippen MR) is 117 cm³/mol. The molecule has 0 spiro atoms. The van der Waals surface area contributed by atoms with Gasteiger partial charge < -0.3 is 10.2 Å². The highest BCUT2D eigenvalue weighted by Gasteiger charge is 2.32. The molecule has 2 aliphatic rings. The highest BCUT2D eigenvalue weighted by Crippen LogP contribution is 2.30. The largest absolute Gasteiger partial charge is 0.343 e. The van der Waals surface area contributed by atoms with E-state index in [9.17, 15) is 9.59 Å². The van der Waals surface area contributed by atoms with Crippen molar-refractivity contribution in [2.24, 2.45) is 0 Å². The molecule has 2 aromatic rings. The lowest BCUT2D eigenvalue weighted by molar-refractivity contribution is -0.129. The molecule has 0 aliphatic carbocycles. The first kappa shape index (κ1) is 20.8. The van der Waals surface area contributed by atoms with Crippen molar-refractivity contribution in [2.45, 2.75) is 31.2 Å². The molecule has 6 nitrogen and oxygen atoms in total. The van der Waals surface area contributed by atoms with Gasteiger partial charge in [-0.05, 0) is 56.0 Å². The number of piperidine rings is 1. The Labute approximate surface area is 182 Å². The van der Waals surface area contributed by atoms with Crippen molar-refractivity contribution in [1.29, 1.82) is 0 Å². The Morgan fingerprint density at radius 1 is 1.07 bits per heavy atom. The molecule has 2 aliphatic heterocycles. The Bertz CT molecular complexity index is 884. The zero-order valence-electron chi connectivity index (χ0n) is 17.0. The zero-order valence-corrected chi connectivity index (χ0v) is 17.7. The van der Waals surface area contributed by atoms with Crippen LogP contribution in [0.5, 0.6) is 0 Å². The van der Waals surface area contributed by atoms with Crippen LogP contribution in [0, 0.1) is 0 Å². The molecule has 1 aromatic heterocycles. The van der Waals surface area contributed by atoms with Crippen molar-refractivity contribution >= 4 is 23.4 Å². The highest BCUT2D eigenvalue weighted by molar-refractivity contribution is 6.29. The van der Waals surface area contributed by atoms with Crippen LogP contribution < -0.4 is 5.32 Å². The number of benzene rings is 1. The fraction of sp³-hybridized carbons (Fsp3) is 0.435. The molecular weight excluding hydrogens is 400 g/mol. The molecule has 1 aromatic carbocycles. The SMILES string of the molecule is O=C(NCC(=O)N1CCC(N2CCC(c3ccccc3)CC2)C1)c1ccnc(Cl)c1. The van der Waals surface area contributed by atoms with Gasteiger partial charge in [0.05, 0.1) is 6.54 Å². The molecule has 2 amide bonds. The summed E-state index contributed by atoms with van der Waals surface area (Å²) in [7, 11) is 0. The van der Waals surface area contributed by atoms with Crippen molar-refractivity contribution in [1.82, 2.24) is 20.1 Å². The van der Waals surface area contributed by atoms with Gasteiger partial charge in [-0.1, -0.05) is 41.9 Å². The van der Waals surface area contributed by atoms with Crippen LogP contribution in [0.15, 0.2) is 48.7 Å². The second-order valence-electron chi connectivity index (χ2n) is 8.05. The van der Waals surface area contributed by atoms with Gasteiger partial charge >= 0.3 is 0 Å². The molecule has 3 heterocycles. The van der Waals surface area contributed by atoms with Crippen molar-refractivity contribution in [3.05, 3.63) is 64.9 Å². The smallest absolute Gasteiger partial charge is 0.251 e. The minimum Gasteiger partial charge on any atom is -0.343 e. The van der Waals surface area contributed by atoms with Crippen LogP contribution in [0.4, 0.5) is 0 Å². The molecule has 1 unspecified atom stereocenters. The highest BCUT2D eigenvalue weighted by atomic mass is 35.5. The molecule has 7 heteroatoms. The van der Waals surface area contributed by atoms with Gasteiger partial charge in [0.1, 0.15) is 5.15 Å². The Morgan fingerprint density at radius 2 is 1.83 bits per heavy atom. The minimum atomic E-state index is -0.314. The maximum absolute atomic E-state index is 12.6. The number of hydrogen-bond donors (Lipinski definition) is 1. The van der Waals surface area contributed by atoms with Crippen LogP contribution in [0.25, 0.3) is 0 Å². The standard InChI is InChI=1S/C23H27ClN4O2/c24-21-14-19(6-10-25-21)23(30)26-15-22(29)28-13-9-20(16-28)27-11-7-18(8-12-27)17-4-2-1-3-5-17/h1-6,10,14,18,20H,7-9,11-13,15-16H2,(H,26,30). The number of amides is 2. The third kappa shape index (κ3) is 4.99. The average molecular weight is 427 g/mol. The van der Waals surface area contributed by atoms with E-state index in [0.717, 1.165) is 32.6 Å². The summed E-state index contributed by atoms with van der Waals surface area (Å²) < 4.78 is 0. The second-order valence-corrected chi connectivity index (χ2v) is 8.44. The van der Waals surface area contributed by atoms with E-state index in [2.05, 4.69) is 45.5 Å². The lowest BCUT2D eigenvalue weighted by atomic mass is 9.89. The number of likely N-dealkylation sites (tertiary alicyclic amines) is 2. The van der Waals surface area contributed by atoms with E-state index in [4.69, 9.17) is 11.6 Å². The van der Waals surface area contributed by atoms with Crippen molar-refractivity contribution in [3.8, 4) is 0 Å². The molecule has 2 saturated heterocycles. The second kappa shape index (κ2) is 9.58. The Balaban J connectivity index is 1.22. The molecule has 30 heavy (non-hydrogen) atoms. The van der Waals surface area contributed by atoms with E-state index in [1.54, 1.807) is 6.07 Å². The van der Waals surface area contributed by atoms with Gasteiger partial charge in [0.25, 0.3) is 5.91 Å². The Hall–Kier alpha value is -2.44. The number of hydrogen-bond acceptors (Lipinski definition) is 4. The van der Waals surface area contributed by atoms with Crippen molar-refractivity contribution in [2.75, 3.05) is 32.7 Å². The number of nitrogens with one attached hydrogen (secondary N) is 1. The molecule has 2 fully saturated rings. The molecule has 0 saturated carbocycles. The van der Waals surface area contributed by atoms with E-state index in [1.165, 1.54) is 30.7 Å². The van der Waals surface area contributed by atoms with Gasteiger partial charge in [-0.3, -0.25) is 14.5 Å². The summed E-state index contributed by atoms with van der Waals surface area (Å²) in [5, 5.41) is 2.95. The first-order valence-electron chi connectivity index (χ1n) is 10.6. The van der Waals surface area contributed by atoms with Crippen molar-refractivity contribution in [3.63, 3.8) is 0 Å². The van der Waals surface area contributed by atoms with Crippen LogP contribution >= 0.6 is 11.6 Å². The van der Waals surface area contributed by atoms with Crippen LogP contribution in [0.3, 0.4) is 0 Å². The third-order valence-electron chi connectivity index (χ3n) is 6.22. The van der Waals surface area contributed by atoms with Gasteiger partial charge in [-0.2, -0.15) is 0 Å². The lowest BCUT2D eigenvalue weighted by Crippen LogP contribution is -2.44. The maximum Gasteiger partial charge on any atom is 0.251 e. The van der Waals surface area contributed by atoms with E-state index >= 15 is 0 Å². The predicted octanol–water partition coefficient (Wildman–Crippen LogP) is 2.95. The monoisotopic (exact) mass is 426 g/mol. The van der Waals surface area contributed by atoms with Gasteiger partial charge in [0.15, 0.2) is 0 Å². The molecule has 158 valence electrons. The molecule has 1 N–H and O–H groups in total. The van der Waals surface area contributed by atoms with Gasteiger partial charge in [0, 0.05) is 30.9 Å². The summed E-state index contributed by atoms with van der Waals surface area (Å²) in [6, 6.07) is 14.2. The normalized spacial score (nSPS) is 20.3. The molecule has 4 rings (SSSR count). The number of nitrogens with zero attached hydrogens (tertiary/aromatic N) is 3. The van der Waals surface area contributed by atoms with Crippen LogP contribution in [-0.2, 0) is 4.79 Å². The first-order chi connectivity index (χ1) is 14.6. The number of carbonyl (C=O) groups excluding carboxylic acids is 2. The van der Waals surface area contributed by atoms with Crippen LogP contribution in [0.1, 0.15) is 41.1 Å². The van der Waals surface area contributed by atoms with E-state index in [1.807, 2.05) is 4.90 Å². The molecule has 1 atom stereocenters. The number of rotatable bonds is 5. The maximum atomic E-state index is 12.6. The van der Waals surface area contributed by atoms with Gasteiger partial charge in [0.2, 0.25) is 5.91 Å². The summed E-state index contributed by atoms with van der Waals surface area (Å²) >= 11 is 5.82. The number of aromatic nitrogens is 1. The zero-order chi connectivity index (χ0) is 20.9. The first-order valence-corrected chi connectivity index (χ1v) is 10.9. The molecule has 0 bridgehead atoms. The Morgan fingerprint density at radius 3 is 2.57 bits per heavy atom. The quantitative estimate of drug-likeness (QED) is 0.746. The fourth-order valence-corrected chi connectivity index (χ4v) is 4.68. The van der Waals surface area contributed by atoms with Crippen LogP contribution in [-0.4, -0.2) is 65.4 Å². The van der Waals surface area contributed by atoms with Gasteiger partial charge in [-0.25, -0.2) is 4.98 Å². The Kier molecular flexibility index (Phi) is 6.65. The summed E-state index contributed by atoms with van der Waals surface area (Å²) in [5.41, 5.74) is 1.84. The summed E-state index contributed by atoms with van der Waals surface area (Å²) in [5.74, 6) is 0.287. The van der Waals surface area contributed by atoms with E-state index < -0.39 is 0 Å². The van der Waals surface area contributed by atoms with Gasteiger partial charge in [-0.15, -0.1) is 0 Å². The third-order valence-corrected chi connectivity index (χ3v) is 6.43. The number of halogens is 1. The van der Waals surface area contributed by atoms with E-state index in [0.29, 0.717) is 17.5 Å². The average Bonchev–Trinajstić information content (AvgIpc) is 3.28. The summed E-state index contributed by atoms with van der Waals surface area (Å²) in [4.78, 5) is 33.0. The van der Waals surface area contributed by atoms with Crippen molar-refractivity contribution < 1.29 is 9.59 Å². The minimum absolute atomic E-state index is 0.00156. The lowest BCUT2D eigenvalue weighted by Gasteiger charge is -2.36.